The summed E-state index contributed by atoms with van der Waals surface area (Å²) in [7, 11) is 0. The zero-order valence-electron chi connectivity index (χ0n) is 7.88. The highest BCUT2D eigenvalue weighted by Gasteiger charge is 2.03. The number of hydrogen-bond donors (Lipinski definition) is 2. The molecule has 14 heavy (non-hydrogen) atoms. The SMILES string of the molecule is CCNCC(=O)Nc1cccnc1Br. The van der Waals surface area contributed by atoms with E-state index in [0.717, 1.165) is 6.54 Å². The van der Waals surface area contributed by atoms with Gasteiger partial charge in [-0.3, -0.25) is 4.79 Å². The van der Waals surface area contributed by atoms with Crippen molar-refractivity contribution in [2.75, 3.05) is 18.4 Å². The predicted octanol–water partition coefficient (Wildman–Crippen LogP) is 1.39. The number of pyridine rings is 1. The maximum atomic E-state index is 11.3. The molecule has 1 aromatic heterocycles. The third kappa shape index (κ3) is 3.43. The molecule has 76 valence electrons. The first-order valence-electron chi connectivity index (χ1n) is 4.35. The molecule has 0 bridgehead atoms. The van der Waals surface area contributed by atoms with Crippen LogP contribution in [0, 0.1) is 0 Å². The van der Waals surface area contributed by atoms with Crippen LogP contribution in [0.25, 0.3) is 0 Å². The van der Waals surface area contributed by atoms with Gasteiger partial charge in [-0.1, -0.05) is 6.92 Å². The lowest BCUT2D eigenvalue weighted by atomic mass is 10.4. The number of rotatable bonds is 4. The van der Waals surface area contributed by atoms with E-state index in [1.165, 1.54) is 0 Å². The third-order valence-corrected chi connectivity index (χ3v) is 2.20. The number of likely N-dealkylation sites (N-methyl/N-ethyl adjacent to an activating group) is 1. The summed E-state index contributed by atoms with van der Waals surface area (Å²) < 4.78 is 0.643. The first-order valence-corrected chi connectivity index (χ1v) is 5.14. The molecule has 0 atom stereocenters. The number of aromatic nitrogens is 1. The van der Waals surface area contributed by atoms with E-state index >= 15 is 0 Å². The molecule has 0 unspecified atom stereocenters. The zero-order chi connectivity index (χ0) is 10.4. The van der Waals surface area contributed by atoms with Gasteiger partial charge >= 0.3 is 0 Å². The van der Waals surface area contributed by atoms with Crippen molar-refractivity contribution in [1.82, 2.24) is 10.3 Å². The summed E-state index contributed by atoms with van der Waals surface area (Å²) in [6.45, 7) is 3.05. The van der Waals surface area contributed by atoms with E-state index in [4.69, 9.17) is 0 Å². The summed E-state index contributed by atoms with van der Waals surface area (Å²) in [4.78, 5) is 15.3. The van der Waals surface area contributed by atoms with Crippen LogP contribution < -0.4 is 10.6 Å². The number of nitrogens with one attached hydrogen (secondary N) is 2. The molecule has 1 rings (SSSR count). The van der Waals surface area contributed by atoms with Gasteiger partial charge < -0.3 is 10.6 Å². The third-order valence-electron chi connectivity index (χ3n) is 1.57. The Morgan fingerprint density at radius 1 is 1.64 bits per heavy atom. The number of carbonyl (C=O) groups is 1. The van der Waals surface area contributed by atoms with Crippen molar-refractivity contribution >= 4 is 27.5 Å². The van der Waals surface area contributed by atoms with Crippen LogP contribution in [0.4, 0.5) is 5.69 Å². The van der Waals surface area contributed by atoms with Gasteiger partial charge in [-0.15, -0.1) is 0 Å². The maximum absolute atomic E-state index is 11.3. The van der Waals surface area contributed by atoms with E-state index in [1.54, 1.807) is 18.3 Å². The van der Waals surface area contributed by atoms with Gasteiger partial charge in [0.25, 0.3) is 0 Å². The Balaban J connectivity index is 2.52. The van der Waals surface area contributed by atoms with Gasteiger partial charge in [-0.2, -0.15) is 0 Å². The number of nitrogens with zero attached hydrogens (tertiary/aromatic N) is 1. The second kappa shape index (κ2) is 5.72. The van der Waals surface area contributed by atoms with E-state index in [9.17, 15) is 4.79 Å². The van der Waals surface area contributed by atoms with Gasteiger partial charge in [-0.05, 0) is 34.6 Å². The summed E-state index contributed by atoms with van der Waals surface area (Å²) in [6, 6.07) is 3.56. The average Bonchev–Trinajstić information content (AvgIpc) is 2.18. The fourth-order valence-electron chi connectivity index (χ4n) is 0.912. The van der Waals surface area contributed by atoms with E-state index in [-0.39, 0.29) is 5.91 Å². The van der Waals surface area contributed by atoms with E-state index in [1.807, 2.05) is 6.92 Å². The smallest absolute Gasteiger partial charge is 0.238 e. The highest BCUT2D eigenvalue weighted by Crippen LogP contribution is 2.17. The molecule has 0 aliphatic rings. The second-order valence-electron chi connectivity index (χ2n) is 2.67. The Morgan fingerprint density at radius 3 is 3.07 bits per heavy atom. The Morgan fingerprint density at radius 2 is 2.43 bits per heavy atom. The first-order chi connectivity index (χ1) is 6.74. The molecule has 1 heterocycles. The molecule has 0 fully saturated rings. The van der Waals surface area contributed by atoms with Gasteiger partial charge in [0.15, 0.2) is 0 Å². The van der Waals surface area contributed by atoms with Crippen LogP contribution in [0.15, 0.2) is 22.9 Å². The summed E-state index contributed by atoms with van der Waals surface area (Å²) >= 11 is 3.25. The van der Waals surface area contributed by atoms with Gasteiger partial charge in [0.1, 0.15) is 4.60 Å². The summed E-state index contributed by atoms with van der Waals surface area (Å²) in [5.74, 6) is -0.0689. The molecule has 5 heteroatoms. The van der Waals surface area contributed by atoms with Crippen molar-refractivity contribution < 1.29 is 4.79 Å². The van der Waals surface area contributed by atoms with Crippen LogP contribution in [-0.2, 0) is 4.79 Å². The highest BCUT2D eigenvalue weighted by molar-refractivity contribution is 9.10. The van der Waals surface area contributed by atoms with Gasteiger partial charge in [-0.25, -0.2) is 4.98 Å². The lowest BCUT2D eigenvalue weighted by molar-refractivity contribution is -0.115. The molecule has 0 saturated heterocycles. The number of hydrogen-bond acceptors (Lipinski definition) is 3. The molecule has 0 aliphatic heterocycles. The summed E-state index contributed by atoms with van der Waals surface area (Å²) in [5, 5.41) is 5.67. The molecule has 0 aliphatic carbocycles. The topological polar surface area (TPSA) is 54.0 Å². The van der Waals surface area contributed by atoms with Crippen LogP contribution in [0.2, 0.25) is 0 Å². The number of anilines is 1. The quantitative estimate of drug-likeness (QED) is 0.802. The Bertz CT molecular complexity index is 317. The molecule has 0 spiro atoms. The van der Waals surface area contributed by atoms with Crippen molar-refractivity contribution in [3.63, 3.8) is 0 Å². The lowest BCUT2D eigenvalue weighted by Crippen LogP contribution is -2.27. The molecule has 0 aromatic carbocycles. The maximum Gasteiger partial charge on any atom is 0.238 e. The van der Waals surface area contributed by atoms with E-state index < -0.39 is 0 Å². The largest absolute Gasteiger partial charge is 0.323 e. The van der Waals surface area contributed by atoms with Gasteiger partial charge in [0, 0.05) is 6.20 Å². The predicted molar refractivity (Wildman–Crippen MR) is 59.1 cm³/mol. The lowest BCUT2D eigenvalue weighted by Gasteiger charge is -2.06. The standard InChI is InChI=1S/C9H12BrN3O/c1-2-11-6-8(14)13-7-4-3-5-12-9(7)10/h3-5,11H,2,6H2,1H3,(H,13,14). The van der Waals surface area contributed by atoms with Crippen molar-refractivity contribution in [2.45, 2.75) is 6.92 Å². The van der Waals surface area contributed by atoms with Crippen LogP contribution in [0.1, 0.15) is 6.92 Å². The van der Waals surface area contributed by atoms with E-state index in [2.05, 4.69) is 31.5 Å². The molecule has 0 saturated carbocycles. The fourth-order valence-corrected chi connectivity index (χ4v) is 1.26. The van der Waals surface area contributed by atoms with Gasteiger partial charge in [0.2, 0.25) is 5.91 Å². The van der Waals surface area contributed by atoms with Gasteiger partial charge in [0.05, 0.1) is 12.2 Å². The van der Waals surface area contributed by atoms with Crippen molar-refractivity contribution in [3.8, 4) is 0 Å². The molecule has 0 radical (unpaired) electrons. The van der Waals surface area contributed by atoms with Crippen LogP contribution in [0.5, 0.6) is 0 Å². The Labute approximate surface area is 91.2 Å². The number of carbonyl (C=O) groups excluding carboxylic acids is 1. The fraction of sp³-hybridized carbons (Fsp3) is 0.333. The number of amides is 1. The van der Waals surface area contributed by atoms with E-state index in [0.29, 0.717) is 16.8 Å². The number of halogens is 1. The summed E-state index contributed by atoms with van der Waals surface area (Å²) in [5.41, 5.74) is 0.690. The molecule has 4 nitrogen and oxygen atoms in total. The molecule has 1 amide bonds. The molecular weight excluding hydrogens is 246 g/mol. The van der Waals surface area contributed by atoms with Crippen molar-refractivity contribution in [1.29, 1.82) is 0 Å². The Kier molecular flexibility index (Phi) is 4.55. The average molecular weight is 258 g/mol. The minimum absolute atomic E-state index is 0.0689. The molecular formula is C9H12BrN3O. The minimum Gasteiger partial charge on any atom is -0.323 e. The normalized spacial score (nSPS) is 9.86. The van der Waals surface area contributed by atoms with Crippen LogP contribution in [0.3, 0.4) is 0 Å². The zero-order valence-corrected chi connectivity index (χ0v) is 9.47. The molecule has 1 aromatic rings. The minimum atomic E-state index is -0.0689. The second-order valence-corrected chi connectivity index (χ2v) is 3.42. The monoisotopic (exact) mass is 257 g/mol. The Hall–Kier alpha value is -0.940. The van der Waals surface area contributed by atoms with Crippen LogP contribution >= 0.6 is 15.9 Å². The summed E-state index contributed by atoms with van der Waals surface area (Å²) in [6.07, 6.45) is 1.66. The highest BCUT2D eigenvalue weighted by atomic mass is 79.9. The van der Waals surface area contributed by atoms with Crippen LogP contribution in [-0.4, -0.2) is 24.0 Å². The first kappa shape index (κ1) is 11.1. The van der Waals surface area contributed by atoms with Crippen molar-refractivity contribution in [2.24, 2.45) is 0 Å². The molecule has 2 N–H and O–H groups in total. The van der Waals surface area contributed by atoms with Crippen molar-refractivity contribution in [3.05, 3.63) is 22.9 Å².